The number of aromatic nitrogens is 4. The average Bonchev–Trinajstić information content (AvgIpc) is 2.88. The minimum absolute atomic E-state index is 0.0259. The van der Waals surface area contributed by atoms with Crippen LogP contribution in [-0.2, 0) is 17.9 Å². The van der Waals surface area contributed by atoms with Crippen molar-refractivity contribution < 1.29 is 14.6 Å². The monoisotopic (exact) mass is 535 g/mol. The first-order valence-corrected chi connectivity index (χ1v) is 12.1. The third kappa shape index (κ3) is 6.27. The fourth-order valence-electron chi connectivity index (χ4n) is 3.52. The predicted octanol–water partition coefficient (Wildman–Crippen LogP) is 3.88. The molecule has 0 fully saturated rings. The number of aromatic amines is 1. The van der Waals surface area contributed by atoms with E-state index in [9.17, 15) is 19.5 Å². The molecule has 196 valence electrons. The van der Waals surface area contributed by atoms with Crippen LogP contribution in [0.2, 0.25) is 5.02 Å². The summed E-state index contributed by atoms with van der Waals surface area (Å²) in [5.74, 6) is -0.253. The van der Waals surface area contributed by atoms with Crippen LogP contribution >= 0.6 is 11.6 Å². The lowest BCUT2D eigenvalue weighted by atomic mass is 9.94. The molecule has 38 heavy (non-hydrogen) atoms. The number of H-pyrrole nitrogens is 1. The summed E-state index contributed by atoms with van der Waals surface area (Å²) in [7, 11) is 0. The second kappa shape index (κ2) is 10.9. The molecule has 2 heterocycles. The van der Waals surface area contributed by atoms with Crippen LogP contribution in [-0.4, -0.2) is 30.2 Å². The molecule has 0 bridgehead atoms. The lowest BCUT2D eigenvalue weighted by Gasteiger charge is -2.20. The van der Waals surface area contributed by atoms with Crippen molar-refractivity contribution in [3.63, 3.8) is 0 Å². The molecule has 10 nitrogen and oxygen atoms in total. The number of carbonyl (C=O) groups is 1. The molecule has 0 spiro atoms. The lowest BCUT2D eigenvalue weighted by molar-refractivity contribution is -0.147. The van der Waals surface area contributed by atoms with Crippen LogP contribution in [0.25, 0.3) is 0 Å². The predicted molar refractivity (Wildman–Crippen MR) is 142 cm³/mol. The molecular formula is C27H26ClN5O5. The van der Waals surface area contributed by atoms with Crippen LogP contribution in [0.4, 0.5) is 5.69 Å². The van der Waals surface area contributed by atoms with Crippen molar-refractivity contribution in [2.24, 2.45) is 10.4 Å². The zero-order valence-electron chi connectivity index (χ0n) is 21.0. The number of carboxylic acid groups (broad SMARTS) is 1. The van der Waals surface area contributed by atoms with E-state index in [2.05, 4.69) is 15.0 Å². The van der Waals surface area contributed by atoms with E-state index in [-0.39, 0.29) is 18.7 Å². The number of nitrogens with zero attached hydrogens (tertiary/aromatic N) is 4. The number of pyridine rings is 1. The first kappa shape index (κ1) is 26.6. The zero-order chi connectivity index (χ0) is 27.4. The van der Waals surface area contributed by atoms with Gasteiger partial charge < -0.3 is 9.84 Å². The number of rotatable bonds is 8. The molecule has 0 atom stereocenters. The Morgan fingerprint density at radius 3 is 2.34 bits per heavy atom. The Hall–Kier alpha value is -4.44. The highest BCUT2D eigenvalue weighted by atomic mass is 35.5. The van der Waals surface area contributed by atoms with Crippen LogP contribution in [0.1, 0.15) is 25.0 Å². The normalized spacial score (nSPS) is 11.9. The molecule has 2 N–H and O–H groups in total. The summed E-state index contributed by atoms with van der Waals surface area (Å²) in [4.78, 5) is 49.2. The van der Waals surface area contributed by atoms with Gasteiger partial charge in [0.15, 0.2) is 0 Å². The molecule has 11 heteroatoms. The maximum atomic E-state index is 13.5. The number of ether oxygens (including phenoxy) is 1. The molecule has 2 aromatic heterocycles. The molecule has 0 unspecified atom stereocenters. The molecule has 0 saturated carbocycles. The van der Waals surface area contributed by atoms with Gasteiger partial charge >= 0.3 is 17.3 Å². The number of aliphatic carboxylic acids is 1. The summed E-state index contributed by atoms with van der Waals surface area (Å²) < 4.78 is 7.89. The molecule has 0 saturated heterocycles. The Morgan fingerprint density at radius 2 is 1.74 bits per heavy atom. The largest absolute Gasteiger partial charge is 0.481 e. The number of nitrogens with one attached hydrogen (secondary N) is 1. The molecule has 0 radical (unpaired) electrons. The maximum absolute atomic E-state index is 13.5. The molecular weight excluding hydrogens is 510 g/mol. The standard InChI is InChI=1S/C27H26ClN5O5/c1-17-4-6-18(7-5-17)15-32-24(31-25(36)33(26(32)37)16-27(2,3)23(34)35)30-20-9-11-21(12-10-20)38-22-13-8-19(28)14-29-22/h4-14H,15-16H2,1-3H3,(H,34,35)(H,30,31,36). The van der Waals surface area contributed by atoms with Gasteiger partial charge in [-0.15, -0.1) is 0 Å². The molecule has 0 aliphatic rings. The van der Waals surface area contributed by atoms with Gasteiger partial charge in [0.2, 0.25) is 11.5 Å². The first-order chi connectivity index (χ1) is 18.0. The van der Waals surface area contributed by atoms with Gasteiger partial charge in [0.1, 0.15) is 5.75 Å². The van der Waals surface area contributed by atoms with Gasteiger partial charge in [-0.25, -0.2) is 24.1 Å². The highest BCUT2D eigenvalue weighted by Gasteiger charge is 2.29. The van der Waals surface area contributed by atoms with E-state index in [1.807, 2.05) is 31.2 Å². The molecule has 0 aliphatic carbocycles. The number of aryl methyl sites for hydroxylation is 1. The topological polar surface area (TPSA) is 132 Å². The average molecular weight is 536 g/mol. The fourth-order valence-corrected chi connectivity index (χ4v) is 3.63. The Labute approximate surface area is 222 Å². The van der Waals surface area contributed by atoms with Crippen molar-refractivity contribution in [2.45, 2.75) is 33.9 Å². The smallest absolute Gasteiger partial charge is 0.335 e. The highest BCUT2D eigenvalue weighted by Crippen LogP contribution is 2.23. The second-order valence-corrected chi connectivity index (χ2v) is 9.84. The second-order valence-electron chi connectivity index (χ2n) is 9.41. The van der Waals surface area contributed by atoms with Gasteiger partial charge in [-0.05, 0) is 56.7 Å². The number of hydrogen-bond acceptors (Lipinski definition) is 6. The lowest BCUT2D eigenvalue weighted by Crippen LogP contribution is -2.52. The van der Waals surface area contributed by atoms with Gasteiger partial charge in [0.05, 0.1) is 22.7 Å². The van der Waals surface area contributed by atoms with E-state index in [1.54, 1.807) is 36.4 Å². The van der Waals surface area contributed by atoms with Gasteiger partial charge in [-0.1, -0.05) is 41.4 Å². The van der Waals surface area contributed by atoms with Gasteiger partial charge in [-0.3, -0.25) is 14.3 Å². The van der Waals surface area contributed by atoms with Crippen molar-refractivity contribution in [1.29, 1.82) is 0 Å². The first-order valence-electron chi connectivity index (χ1n) is 11.7. The van der Waals surface area contributed by atoms with Crippen LogP contribution in [0.15, 0.2) is 81.4 Å². The highest BCUT2D eigenvalue weighted by molar-refractivity contribution is 6.30. The van der Waals surface area contributed by atoms with Crippen LogP contribution < -0.4 is 21.7 Å². The summed E-state index contributed by atoms with van der Waals surface area (Å²) in [5, 5.41) is 10.0. The Balaban J connectivity index is 1.75. The maximum Gasteiger partial charge on any atom is 0.335 e. The van der Waals surface area contributed by atoms with Crippen molar-refractivity contribution in [3.05, 3.63) is 110 Å². The van der Waals surface area contributed by atoms with Crippen molar-refractivity contribution >= 4 is 23.3 Å². The summed E-state index contributed by atoms with van der Waals surface area (Å²) in [5.41, 5.74) is -0.415. The van der Waals surface area contributed by atoms with Crippen molar-refractivity contribution in [3.8, 4) is 11.6 Å². The fraction of sp³-hybridized carbons (Fsp3) is 0.222. The van der Waals surface area contributed by atoms with E-state index in [1.165, 1.54) is 24.6 Å². The Bertz CT molecular complexity index is 1630. The van der Waals surface area contributed by atoms with Gasteiger partial charge in [-0.2, -0.15) is 0 Å². The Morgan fingerprint density at radius 1 is 1.05 bits per heavy atom. The van der Waals surface area contributed by atoms with Crippen LogP contribution in [0.3, 0.4) is 0 Å². The zero-order valence-corrected chi connectivity index (χ0v) is 21.8. The summed E-state index contributed by atoms with van der Waals surface area (Å²) >= 11 is 5.85. The van der Waals surface area contributed by atoms with E-state index in [4.69, 9.17) is 16.3 Å². The minimum atomic E-state index is -1.34. The van der Waals surface area contributed by atoms with E-state index in [0.29, 0.717) is 22.3 Å². The quantitative estimate of drug-likeness (QED) is 0.352. The third-order valence-electron chi connectivity index (χ3n) is 5.77. The molecule has 2 aromatic carbocycles. The number of carboxylic acids is 1. The van der Waals surface area contributed by atoms with Crippen molar-refractivity contribution in [1.82, 2.24) is 19.1 Å². The SMILES string of the molecule is Cc1ccc(Cn2c(=O)n(CC(C)(C)C(=O)O)c(=O)[nH]/c2=N\c2ccc(Oc3ccc(Cl)cn3)cc2)cc1. The van der Waals surface area contributed by atoms with Gasteiger partial charge in [0.25, 0.3) is 0 Å². The van der Waals surface area contributed by atoms with Gasteiger partial charge in [0, 0.05) is 18.8 Å². The molecule has 0 amide bonds. The van der Waals surface area contributed by atoms with Crippen LogP contribution in [0.5, 0.6) is 11.6 Å². The minimum Gasteiger partial charge on any atom is -0.481 e. The van der Waals surface area contributed by atoms with Crippen LogP contribution in [0, 0.1) is 12.3 Å². The van der Waals surface area contributed by atoms with E-state index >= 15 is 0 Å². The summed E-state index contributed by atoms with van der Waals surface area (Å²) in [6.45, 7) is 4.66. The molecule has 4 aromatic rings. The summed E-state index contributed by atoms with van der Waals surface area (Å²) in [6.07, 6.45) is 1.48. The van der Waals surface area contributed by atoms with E-state index < -0.39 is 22.8 Å². The Kier molecular flexibility index (Phi) is 7.63. The number of halogens is 1. The van der Waals surface area contributed by atoms with E-state index in [0.717, 1.165) is 15.7 Å². The number of benzene rings is 2. The third-order valence-corrected chi connectivity index (χ3v) is 5.99. The summed E-state index contributed by atoms with van der Waals surface area (Å²) in [6, 6.07) is 17.6. The molecule has 0 aliphatic heterocycles. The molecule has 4 rings (SSSR count). The van der Waals surface area contributed by atoms with Crippen molar-refractivity contribution in [2.75, 3.05) is 0 Å². The number of hydrogen-bond donors (Lipinski definition) is 2.